The summed E-state index contributed by atoms with van der Waals surface area (Å²) in [5.74, 6) is 0.491. The number of anilines is 1. The summed E-state index contributed by atoms with van der Waals surface area (Å²) >= 11 is 1.66. The maximum Gasteiger partial charge on any atom is 0.337 e. The zero-order valence-electron chi connectivity index (χ0n) is 16.7. The molecule has 0 fully saturated rings. The van der Waals surface area contributed by atoms with Crippen molar-refractivity contribution in [3.8, 4) is 10.6 Å². The molecule has 6 heteroatoms. The molecule has 1 aliphatic carbocycles. The Labute approximate surface area is 169 Å². The quantitative estimate of drug-likeness (QED) is 0.632. The van der Waals surface area contributed by atoms with Crippen LogP contribution in [0.5, 0.6) is 0 Å². The Kier molecular flexibility index (Phi) is 6.09. The van der Waals surface area contributed by atoms with Gasteiger partial charge in [0.1, 0.15) is 10.8 Å². The molecule has 1 aliphatic rings. The number of fused-ring (bicyclic) bond motifs is 1. The average molecular weight is 396 g/mol. The van der Waals surface area contributed by atoms with E-state index in [1.54, 1.807) is 11.3 Å². The minimum absolute atomic E-state index is 0.262. The first-order valence-corrected chi connectivity index (χ1v) is 10.3. The molecular weight excluding hydrogens is 370 g/mol. The van der Waals surface area contributed by atoms with Crippen LogP contribution in [0.15, 0.2) is 36.5 Å². The smallest absolute Gasteiger partial charge is 0.337 e. The van der Waals surface area contributed by atoms with Crippen molar-refractivity contribution in [2.75, 3.05) is 12.8 Å². The third-order valence-electron chi connectivity index (χ3n) is 4.71. The van der Waals surface area contributed by atoms with E-state index in [0.29, 0.717) is 11.4 Å². The number of esters is 1. The van der Waals surface area contributed by atoms with Crippen LogP contribution in [0.2, 0.25) is 0 Å². The molecule has 0 radical (unpaired) electrons. The highest BCUT2D eigenvalue weighted by atomic mass is 32.1. The van der Waals surface area contributed by atoms with E-state index in [1.807, 2.05) is 57.3 Å². The van der Waals surface area contributed by atoms with Crippen molar-refractivity contribution >= 4 is 23.1 Å². The number of benzene rings is 1. The summed E-state index contributed by atoms with van der Waals surface area (Å²) in [6.07, 6.45) is 3.81. The van der Waals surface area contributed by atoms with Crippen LogP contribution >= 0.6 is 11.3 Å². The molecule has 0 aliphatic heterocycles. The standard InChI is InChI=1S/C20H19N3O2S.C2H6/c1-11-7-16(23-18(21)8-11)17-10-22-19(26-17)15-6-3-12-9-13(20(24)25-2)4-5-14(12)15;1-2/h4-5,7-10,15H,3,6H2,1-2H3,(H2,21,23);1-2H3. The van der Waals surface area contributed by atoms with Gasteiger partial charge in [-0.3, -0.25) is 0 Å². The summed E-state index contributed by atoms with van der Waals surface area (Å²) in [6.45, 7) is 6.01. The minimum atomic E-state index is -0.295. The van der Waals surface area contributed by atoms with Crippen LogP contribution in [0.1, 0.15) is 58.2 Å². The number of nitrogen functional groups attached to an aromatic ring is 1. The summed E-state index contributed by atoms with van der Waals surface area (Å²) < 4.78 is 4.81. The number of nitrogens with zero attached hydrogens (tertiary/aromatic N) is 2. The fraction of sp³-hybridized carbons (Fsp3) is 0.318. The number of hydrogen-bond donors (Lipinski definition) is 1. The van der Waals surface area contributed by atoms with Gasteiger partial charge in [-0.2, -0.15) is 0 Å². The lowest BCUT2D eigenvalue weighted by Crippen LogP contribution is -2.02. The third kappa shape index (κ3) is 3.92. The first kappa shape index (κ1) is 20.0. The van der Waals surface area contributed by atoms with Gasteiger partial charge in [-0.25, -0.2) is 14.8 Å². The summed E-state index contributed by atoms with van der Waals surface area (Å²) in [5, 5.41) is 1.08. The second-order valence-corrected chi connectivity index (χ2v) is 7.58. The van der Waals surface area contributed by atoms with Gasteiger partial charge in [0.2, 0.25) is 0 Å². The Hall–Kier alpha value is -2.73. The number of carbonyl (C=O) groups is 1. The molecule has 5 nitrogen and oxygen atoms in total. The monoisotopic (exact) mass is 395 g/mol. The van der Waals surface area contributed by atoms with Crippen LogP contribution in [0.25, 0.3) is 10.6 Å². The second kappa shape index (κ2) is 8.52. The zero-order valence-corrected chi connectivity index (χ0v) is 17.5. The van der Waals surface area contributed by atoms with Crippen molar-refractivity contribution in [3.05, 3.63) is 63.8 Å². The van der Waals surface area contributed by atoms with E-state index in [1.165, 1.54) is 18.2 Å². The first-order valence-electron chi connectivity index (χ1n) is 9.46. The Morgan fingerprint density at radius 1 is 1.25 bits per heavy atom. The van der Waals surface area contributed by atoms with Crippen LogP contribution in [0.3, 0.4) is 0 Å². The number of aryl methyl sites for hydroxylation is 2. The van der Waals surface area contributed by atoms with E-state index in [9.17, 15) is 4.79 Å². The number of hydrogen-bond acceptors (Lipinski definition) is 6. The predicted octanol–water partition coefficient (Wildman–Crippen LogP) is 4.99. The average Bonchev–Trinajstić information content (AvgIpc) is 3.34. The number of methoxy groups -OCH3 is 1. The van der Waals surface area contributed by atoms with Crippen LogP contribution in [-0.2, 0) is 11.2 Å². The number of pyridine rings is 1. The van der Waals surface area contributed by atoms with Gasteiger partial charge in [-0.05, 0) is 60.7 Å². The molecular formula is C22H25N3O2S. The van der Waals surface area contributed by atoms with Gasteiger partial charge in [0.25, 0.3) is 0 Å². The molecule has 1 aromatic carbocycles. The highest BCUT2D eigenvalue weighted by molar-refractivity contribution is 7.15. The van der Waals surface area contributed by atoms with Gasteiger partial charge in [-0.1, -0.05) is 19.9 Å². The highest BCUT2D eigenvalue weighted by Crippen LogP contribution is 2.41. The molecule has 1 unspecified atom stereocenters. The van der Waals surface area contributed by atoms with Gasteiger partial charge in [0.15, 0.2) is 0 Å². The second-order valence-electron chi connectivity index (χ2n) is 6.51. The molecule has 146 valence electrons. The maximum absolute atomic E-state index is 11.7. The van der Waals surface area contributed by atoms with Crippen molar-refractivity contribution in [3.63, 3.8) is 0 Å². The Balaban J connectivity index is 0.00000109. The van der Waals surface area contributed by atoms with Crippen LogP contribution in [0.4, 0.5) is 5.82 Å². The highest BCUT2D eigenvalue weighted by Gasteiger charge is 2.27. The van der Waals surface area contributed by atoms with Gasteiger partial charge in [0, 0.05) is 12.1 Å². The molecule has 0 saturated carbocycles. The van der Waals surface area contributed by atoms with Crippen molar-refractivity contribution in [2.24, 2.45) is 0 Å². The SMILES string of the molecule is CC.COC(=O)c1ccc2c(c1)CCC2c1ncc(-c2cc(C)cc(N)n2)s1. The lowest BCUT2D eigenvalue weighted by Gasteiger charge is -2.09. The van der Waals surface area contributed by atoms with Gasteiger partial charge in [-0.15, -0.1) is 11.3 Å². The van der Waals surface area contributed by atoms with Gasteiger partial charge < -0.3 is 10.5 Å². The van der Waals surface area contributed by atoms with Crippen molar-refractivity contribution in [2.45, 2.75) is 39.5 Å². The Morgan fingerprint density at radius 3 is 2.75 bits per heavy atom. The van der Waals surface area contributed by atoms with E-state index < -0.39 is 0 Å². The van der Waals surface area contributed by atoms with E-state index >= 15 is 0 Å². The lowest BCUT2D eigenvalue weighted by molar-refractivity contribution is 0.0600. The summed E-state index contributed by atoms with van der Waals surface area (Å²) in [7, 11) is 1.40. The van der Waals surface area contributed by atoms with E-state index in [4.69, 9.17) is 10.5 Å². The summed E-state index contributed by atoms with van der Waals surface area (Å²) in [5.41, 5.74) is 10.9. The molecule has 2 N–H and O–H groups in total. The van der Waals surface area contributed by atoms with Crippen LogP contribution in [0, 0.1) is 6.92 Å². The summed E-state index contributed by atoms with van der Waals surface area (Å²) in [6, 6.07) is 9.69. The van der Waals surface area contributed by atoms with Crippen molar-refractivity contribution in [1.82, 2.24) is 9.97 Å². The van der Waals surface area contributed by atoms with Crippen molar-refractivity contribution in [1.29, 1.82) is 0 Å². The fourth-order valence-corrected chi connectivity index (χ4v) is 4.54. The largest absolute Gasteiger partial charge is 0.465 e. The third-order valence-corrected chi connectivity index (χ3v) is 5.84. The van der Waals surface area contributed by atoms with Crippen LogP contribution < -0.4 is 5.73 Å². The molecule has 0 bridgehead atoms. The van der Waals surface area contributed by atoms with Gasteiger partial charge in [0.05, 0.1) is 23.2 Å². The first-order chi connectivity index (χ1) is 13.5. The Morgan fingerprint density at radius 2 is 2.04 bits per heavy atom. The van der Waals surface area contributed by atoms with E-state index in [2.05, 4.69) is 9.97 Å². The number of nitrogens with two attached hydrogens (primary N) is 1. The summed E-state index contributed by atoms with van der Waals surface area (Å²) in [4.78, 5) is 21.8. The minimum Gasteiger partial charge on any atom is -0.465 e. The zero-order chi connectivity index (χ0) is 20.3. The Bertz CT molecular complexity index is 977. The molecule has 1 atom stereocenters. The molecule has 0 saturated heterocycles. The molecule has 2 aromatic heterocycles. The molecule has 0 spiro atoms. The van der Waals surface area contributed by atoms with Crippen LogP contribution in [-0.4, -0.2) is 23.0 Å². The number of thiazole rings is 1. The van der Waals surface area contributed by atoms with Gasteiger partial charge >= 0.3 is 5.97 Å². The maximum atomic E-state index is 11.7. The topological polar surface area (TPSA) is 78.1 Å². The number of aromatic nitrogens is 2. The number of carbonyl (C=O) groups excluding carboxylic acids is 1. The fourth-order valence-electron chi connectivity index (χ4n) is 3.51. The van der Waals surface area contributed by atoms with E-state index in [-0.39, 0.29) is 11.9 Å². The molecule has 0 amide bonds. The normalized spacial score (nSPS) is 14.8. The molecule has 28 heavy (non-hydrogen) atoms. The number of ether oxygens (including phenoxy) is 1. The predicted molar refractivity (Wildman–Crippen MR) is 114 cm³/mol. The van der Waals surface area contributed by atoms with E-state index in [0.717, 1.165) is 34.0 Å². The lowest BCUT2D eigenvalue weighted by atomic mass is 10.0. The molecule has 2 heterocycles. The van der Waals surface area contributed by atoms with Crippen molar-refractivity contribution < 1.29 is 9.53 Å². The molecule has 3 aromatic rings. The molecule has 4 rings (SSSR count). The number of rotatable bonds is 3.